The van der Waals surface area contributed by atoms with Gasteiger partial charge in [0.2, 0.25) is 0 Å². The molecule has 0 bridgehead atoms. The molecule has 1 saturated heterocycles. The van der Waals surface area contributed by atoms with E-state index >= 15 is 0 Å². The SMILES string of the molecule is CCNc1nc(C(C)C)nc(N2CCC(OC)C2)c1C. The Hall–Kier alpha value is -1.36. The minimum Gasteiger partial charge on any atom is -0.380 e. The third-order valence-corrected chi connectivity index (χ3v) is 3.78. The zero-order chi connectivity index (χ0) is 14.7. The van der Waals surface area contributed by atoms with Gasteiger partial charge in [-0.2, -0.15) is 0 Å². The highest BCUT2D eigenvalue weighted by Crippen LogP contribution is 2.28. The third-order valence-electron chi connectivity index (χ3n) is 3.78. The largest absolute Gasteiger partial charge is 0.380 e. The molecule has 5 heteroatoms. The molecule has 1 atom stereocenters. The Balaban J connectivity index is 2.35. The van der Waals surface area contributed by atoms with E-state index in [1.54, 1.807) is 7.11 Å². The highest BCUT2D eigenvalue weighted by atomic mass is 16.5. The van der Waals surface area contributed by atoms with Crippen LogP contribution in [0.3, 0.4) is 0 Å². The molecular weight excluding hydrogens is 252 g/mol. The zero-order valence-corrected chi connectivity index (χ0v) is 13.2. The van der Waals surface area contributed by atoms with Gasteiger partial charge >= 0.3 is 0 Å². The first-order chi connectivity index (χ1) is 9.56. The summed E-state index contributed by atoms with van der Waals surface area (Å²) >= 11 is 0. The molecule has 1 fully saturated rings. The van der Waals surface area contributed by atoms with Crippen LogP contribution < -0.4 is 10.2 Å². The average molecular weight is 278 g/mol. The zero-order valence-electron chi connectivity index (χ0n) is 13.2. The van der Waals surface area contributed by atoms with Crippen LogP contribution in [0.5, 0.6) is 0 Å². The predicted octanol–water partition coefficient (Wildman–Crippen LogP) is 2.57. The molecule has 112 valence electrons. The van der Waals surface area contributed by atoms with Gasteiger partial charge in [0.05, 0.1) is 6.10 Å². The summed E-state index contributed by atoms with van der Waals surface area (Å²) in [7, 11) is 1.78. The molecule has 1 aliphatic heterocycles. The van der Waals surface area contributed by atoms with E-state index in [1.807, 2.05) is 0 Å². The van der Waals surface area contributed by atoms with Crippen LogP contribution in [0.2, 0.25) is 0 Å². The van der Waals surface area contributed by atoms with Gasteiger partial charge in [-0.15, -0.1) is 0 Å². The Morgan fingerprint density at radius 2 is 2.15 bits per heavy atom. The maximum atomic E-state index is 5.46. The number of hydrogen-bond acceptors (Lipinski definition) is 5. The summed E-state index contributed by atoms with van der Waals surface area (Å²) in [6, 6.07) is 0. The van der Waals surface area contributed by atoms with Crippen molar-refractivity contribution in [1.29, 1.82) is 0 Å². The molecule has 0 spiro atoms. The number of nitrogens with one attached hydrogen (secondary N) is 1. The van der Waals surface area contributed by atoms with Gasteiger partial charge < -0.3 is 15.0 Å². The Kier molecular flexibility index (Phi) is 4.81. The van der Waals surface area contributed by atoms with Gasteiger partial charge in [0.1, 0.15) is 17.5 Å². The fraction of sp³-hybridized carbons (Fsp3) is 0.733. The second-order valence-corrected chi connectivity index (χ2v) is 5.66. The van der Waals surface area contributed by atoms with E-state index in [0.717, 1.165) is 49.1 Å². The molecule has 1 aromatic rings. The van der Waals surface area contributed by atoms with Crippen molar-refractivity contribution in [2.45, 2.75) is 46.1 Å². The van der Waals surface area contributed by atoms with Gasteiger partial charge in [0.15, 0.2) is 0 Å². The number of methoxy groups -OCH3 is 1. The van der Waals surface area contributed by atoms with Crippen LogP contribution >= 0.6 is 0 Å². The van der Waals surface area contributed by atoms with Crippen molar-refractivity contribution >= 4 is 11.6 Å². The molecule has 5 nitrogen and oxygen atoms in total. The molecular formula is C15H26N4O. The number of anilines is 2. The Bertz CT molecular complexity index is 461. The minimum atomic E-state index is 0.314. The van der Waals surface area contributed by atoms with E-state index < -0.39 is 0 Å². The van der Waals surface area contributed by atoms with Crippen LogP contribution in [-0.2, 0) is 4.74 Å². The third kappa shape index (κ3) is 3.03. The van der Waals surface area contributed by atoms with Crippen LogP contribution in [-0.4, -0.2) is 42.8 Å². The summed E-state index contributed by atoms with van der Waals surface area (Å²) in [4.78, 5) is 11.8. The standard InChI is InChI=1S/C15H26N4O/c1-6-16-14-11(4)15(18-13(17-14)10(2)3)19-8-7-12(9-19)20-5/h10,12H,6-9H2,1-5H3,(H,16,17,18). The highest BCUT2D eigenvalue weighted by molar-refractivity contribution is 5.59. The second kappa shape index (κ2) is 6.39. The highest BCUT2D eigenvalue weighted by Gasteiger charge is 2.26. The summed E-state index contributed by atoms with van der Waals surface area (Å²) in [5.41, 5.74) is 1.13. The molecule has 0 aromatic carbocycles. The molecule has 0 radical (unpaired) electrons. The average Bonchev–Trinajstić information content (AvgIpc) is 2.89. The van der Waals surface area contributed by atoms with E-state index in [-0.39, 0.29) is 0 Å². The quantitative estimate of drug-likeness (QED) is 0.897. The molecule has 20 heavy (non-hydrogen) atoms. The first kappa shape index (κ1) is 15.0. The van der Waals surface area contributed by atoms with Gasteiger partial charge in [-0.3, -0.25) is 0 Å². The fourth-order valence-corrected chi connectivity index (χ4v) is 2.54. The molecule has 1 unspecified atom stereocenters. The maximum Gasteiger partial charge on any atom is 0.137 e. The lowest BCUT2D eigenvalue weighted by atomic mass is 10.2. The van der Waals surface area contributed by atoms with Crippen molar-refractivity contribution in [3.8, 4) is 0 Å². The van der Waals surface area contributed by atoms with Gasteiger partial charge in [-0.1, -0.05) is 13.8 Å². The van der Waals surface area contributed by atoms with E-state index in [9.17, 15) is 0 Å². The molecule has 0 amide bonds. The molecule has 1 aromatic heterocycles. The molecule has 0 saturated carbocycles. The summed E-state index contributed by atoms with van der Waals surface area (Å²) in [5, 5.41) is 3.35. The van der Waals surface area contributed by atoms with Gasteiger partial charge in [-0.05, 0) is 20.3 Å². The monoisotopic (exact) mass is 278 g/mol. The van der Waals surface area contributed by atoms with E-state index in [0.29, 0.717) is 12.0 Å². The summed E-state index contributed by atoms with van der Waals surface area (Å²) in [6.45, 7) is 11.2. The number of hydrogen-bond donors (Lipinski definition) is 1. The van der Waals surface area contributed by atoms with Crippen LogP contribution in [0.15, 0.2) is 0 Å². The Morgan fingerprint density at radius 3 is 2.70 bits per heavy atom. The van der Waals surface area contributed by atoms with Crippen LogP contribution in [0.1, 0.15) is 44.5 Å². The number of rotatable bonds is 5. The second-order valence-electron chi connectivity index (χ2n) is 5.66. The van der Waals surface area contributed by atoms with Crippen molar-refractivity contribution < 1.29 is 4.74 Å². The normalized spacial score (nSPS) is 18.9. The molecule has 1 N–H and O–H groups in total. The van der Waals surface area contributed by atoms with Crippen molar-refractivity contribution in [2.75, 3.05) is 37.0 Å². The van der Waals surface area contributed by atoms with E-state index in [2.05, 4.69) is 42.9 Å². The molecule has 2 heterocycles. The van der Waals surface area contributed by atoms with Crippen molar-refractivity contribution in [2.24, 2.45) is 0 Å². The van der Waals surface area contributed by atoms with Gasteiger partial charge in [-0.25, -0.2) is 9.97 Å². The number of aromatic nitrogens is 2. The maximum absolute atomic E-state index is 5.46. The van der Waals surface area contributed by atoms with Gasteiger partial charge in [0.25, 0.3) is 0 Å². The molecule has 1 aliphatic rings. The number of nitrogens with zero attached hydrogens (tertiary/aromatic N) is 3. The smallest absolute Gasteiger partial charge is 0.137 e. The Labute approximate surface area is 121 Å². The lowest BCUT2D eigenvalue weighted by Gasteiger charge is -2.22. The summed E-state index contributed by atoms with van der Waals surface area (Å²) < 4.78 is 5.46. The van der Waals surface area contributed by atoms with E-state index in [4.69, 9.17) is 9.72 Å². The van der Waals surface area contributed by atoms with Crippen LogP contribution in [0.4, 0.5) is 11.6 Å². The van der Waals surface area contributed by atoms with Crippen LogP contribution in [0, 0.1) is 6.92 Å². The first-order valence-electron chi connectivity index (χ1n) is 7.46. The van der Waals surface area contributed by atoms with Gasteiger partial charge in [0, 0.05) is 38.2 Å². The van der Waals surface area contributed by atoms with E-state index in [1.165, 1.54) is 0 Å². The minimum absolute atomic E-state index is 0.314. The predicted molar refractivity (Wildman–Crippen MR) is 82.6 cm³/mol. The molecule has 2 rings (SSSR count). The summed E-state index contributed by atoms with van der Waals surface area (Å²) in [6.07, 6.45) is 1.38. The lowest BCUT2D eigenvalue weighted by molar-refractivity contribution is 0.121. The van der Waals surface area contributed by atoms with Crippen molar-refractivity contribution in [3.05, 3.63) is 11.4 Å². The number of ether oxygens (including phenoxy) is 1. The lowest BCUT2D eigenvalue weighted by Crippen LogP contribution is -2.25. The van der Waals surface area contributed by atoms with Crippen LogP contribution in [0.25, 0.3) is 0 Å². The van der Waals surface area contributed by atoms with Crippen molar-refractivity contribution in [3.63, 3.8) is 0 Å². The molecule has 0 aliphatic carbocycles. The van der Waals surface area contributed by atoms with Crippen molar-refractivity contribution in [1.82, 2.24) is 9.97 Å². The topological polar surface area (TPSA) is 50.3 Å². The Morgan fingerprint density at radius 1 is 1.40 bits per heavy atom. The first-order valence-corrected chi connectivity index (χ1v) is 7.46. The summed E-state index contributed by atoms with van der Waals surface area (Å²) in [5.74, 6) is 3.25. The fourth-order valence-electron chi connectivity index (χ4n) is 2.54.